The Kier molecular flexibility index (Phi) is 5.79. The Morgan fingerprint density at radius 1 is 1.65 bits per heavy atom. The van der Waals surface area contributed by atoms with Gasteiger partial charge in [0.15, 0.2) is 0 Å². The van der Waals surface area contributed by atoms with Crippen molar-refractivity contribution in [2.75, 3.05) is 33.4 Å². The van der Waals surface area contributed by atoms with Gasteiger partial charge in [-0.25, -0.2) is 9.78 Å². The van der Waals surface area contributed by atoms with Gasteiger partial charge in [-0.05, 0) is 19.8 Å². The number of ether oxygens (including phenoxy) is 1. The minimum atomic E-state index is 0.0490. The van der Waals surface area contributed by atoms with Crippen LogP contribution in [0.1, 0.15) is 23.4 Å². The molecule has 0 radical (unpaired) electrons. The molecule has 1 aromatic rings. The molecule has 1 fully saturated rings. The number of carbonyl (C=O) groups excluding carboxylic acids is 1. The molecule has 20 heavy (non-hydrogen) atoms. The van der Waals surface area contributed by atoms with Crippen LogP contribution in [-0.2, 0) is 11.2 Å². The van der Waals surface area contributed by atoms with Crippen LogP contribution in [0, 0.1) is 12.8 Å². The predicted molar refractivity (Wildman–Crippen MR) is 80.1 cm³/mol. The third-order valence-corrected chi connectivity index (χ3v) is 4.68. The van der Waals surface area contributed by atoms with Gasteiger partial charge in [-0.3, -0.25) is 0 Å². The fourth-order valence-electron chi connectivity index (χ4n) is 2.58. The molecule has 1 unspecified atom stereocenters. The zero-order valence-corrected chi connectivity index (χ0v) is 13.0. The highest BCUT2D eigenvalue weighted by Crippen LogP contribution is 2.16. The number of aryl methyl sites for hydroxylation is 1. The lowest BCUT2D eigenvalue weighted by Crippen LogP contribution is -2.46. The molecule has 0 bridgehead atoms. The summed E-state index contributed by atoms with van der Waals surface area (Å²) in [6.45, 7) is 5.08. The molecular formula is C14H23N3O2S. The average Bonchev–Trinajstić information content (AvgIpc) is 2.85. The lowest BCUT2D eigenvalue weighted by molar-refractivity contribution is 0.100. The van der Waals surface area contributed by atoms with E-state index >= 15 is 0 Å². The first-order chi connectivity index (χ1) is 9.70. The first-order valence-electron chi connectivity index (χ1n) is 7.11. The van der Waals surface area contributed by atoms with Gasteiger partial charge in [0, 0.05) is 44.0 Å². The van der Waals surface area contributed by atoms with Crippen LogP contribution >= 0.6 is 11.3 Å². The van der Waals surface area contributed by atoms with Crippen LogP contribution in [0.5, 0.6) is 0 Å². The van der Waals surface area contributed by atoms with Gasteiger partial charge in [-0.15, -0.1) is 11.3 Å². The molecular weight excluding hydrogens is 274 g/mol. The van der Waals surface area contributed by atoms with Crippen LogP contribution in [0.25, 0.3) is 0 Å². The van der Waals surface area contributed by atoms with Gasteiger partial charge < -0.3 is 15.0 Å². The van der Waals surface area contributed by atoms with E-state index in [1.807, 2.05) is 17.3 Å². The van der Waals surface area contributed by atoms with Gasteiger partial charge in [-0.2, -0.15) is 0 Å². The summed E-state index contributed by atoms with van der Waals surface area (Å²) in [6.07, 6.45) is 3.07. The van der Waals surface area contributed by atoms with E-state index in [9.17, 15) is 4.79 Å². The smallest absolute Gasteiger partial charge is 0.317 e. The number of thiazole rings is 1. The fraction of sp³-hybridized carbons (Fsp3) is 0.714. The van der Waals surface area contributed by atoms with Gasteiger partial charge in [0.2, 0.25) is 0 Å². The highest BCUT2D eigenvalue weighted by Gasteiger charge is 2.23. The Labute approximate surface area is 124 Å². The second-order valence-corrected chi connectivity index (χ2v) is 6.19. The van der Waals surface area contributed by atoms with E-state index in [-0.39, 0.29) is 6.03 Å². The molecule has 1 N–H and O–H groups in total. The van der Waals surface area contributed by atoms with E-state index in [4.69, 9.17) is 4.74 Å². The molecule has 5 nitrogen and oxygen atoms in total. The monoisotopic (exact) mass is 297 g/mol. The number of likely N-dealkylation sites (tertiary alicyclic amines) is 1. The molecule has 1 aliphatic heterocycles. The largest absolute Gasteiger partial charge is 0.384 e. The maximum Gasteiger partial charge on any atom is 0.317 e. The van der Waals surface area contributed by atoms with Crippen molar-refractivity contribution in [3.05, 3.63) is 16.1 Å². The third kappa shape index (κ3) is 4.18. The zero-order valence-electron chi connectivity index (χ0n) is 12.2. The van der Waals surface area contributed by atoms with Gasteiger partial charge in [0.05, 0.1) is 17.8 Å². The van der Waals surface area contributed by atoms with E-state index in [1.54, 1.807) is 18.4 Å². The van der Waals surface area contributed by atoms with Crippen molar-refractivity contribution < 1.29 is 9.53 Å². The number of urea groups is 1. The normalized spacial score (nSPS) is 19.1. The van der Waals surface area contributed by atoms with E-state index in [0.29, 0.717) is 12.5 Å². The van der Waals surface area contributed by atoms with Crippen LogP contribution in [0.3, 0.4) is 0 Å². The minimum Gasteiger partial charge on any atom is -0.384 e. The lowest BCUT2D eigenvalue weighted by Gasteiger charge is -2.32. The number of aromatic nitrogens is 1. The van der Waals surface area contributed by atoms with Gasteiger partial charge in [0.25, 0.3) is 0 Å². The van der Waals surface area contributed by atoms with Crippen molar-refractivity contribution in [3.8, 4) is 0 Å². The second kappa shape index (κ2) is 7.59. The molecule has 6 heteroatoms. The van der Waals surface area contributed by atoms with E-state index < -0.39 is 0 Å². The molecule has 1 aliphatic rings. The Morgan fingerprint density at radius 2 is 2.50 bits per heavy atom. The number of nitrogens with zero attached hydrogens (tertiary/aromatic N) is 2. The van der Waals surface area contributed by atoms with E-state index in [1.165, 1.54) is 4.88 Å². The first-order valence-corrected chi connectivity index (χ1v) is 7.99. The van der Waals surface area contributed by atoms with Gasteiger partial charge in [0.1, 0.15) is 0 Å². The van der Waals surface area contributed by atoms with Crippen molar-refractivity contribution in [1.82, 2.24) is 15.2 Å². The number of carbonyl (C=O) groups is 1. The molecule has 1 aromatic heterocycles. The zero-order chi connectivity index (χ0) is 14.4. The highest BCUT2D eigenvalue weighted by atomic mass is 32.1. The quantitative estimate of drug-likeness (QED) is 0.905. The minimum absolute atomic E-state index is 0.0490. The van der Waals surface area contributed by atoms with E-state index in [2.05, 4.69) is 10.3 Å². The van der Waals surface area contributed by atoms with Crippen molar-refractivity contribution in [1.29, 1.82) is 0 Å². The summed E-state index contributed by atoms with van der Waals surface area (Å²) >= 11 is 1.65. The van der Waals surface area contributed by atoms with Crippen molar-refractivity contribution in [2.45, 2.75) is 26.2 Å². The summed E-state index contributed by atoms with van der Waals surface area (Å²) in [5, 5.41) is 3.01. The summed E-state index contributed by atoms with van der Waals surface area (Å²) in [5.74, 6) is 0.475. The highest BCUT2D eigenvalue weighted by molar-refractivity contribution is 7.09. The molecule has 2 heterocycles. The molecule has 112 valence electrons. The number of hydrogen-bond donors (Lipinski definition) is 1. The SMILES string of the molecule is COCC1CCCN(C(=O)NCCc2scnc2C)C1. The summed E-state index contributed by atoms with van der Waals surface area (Å²) < 4.78 is 5.19. The molecule has 0 aromatic carbocycles. The Hall–Kier alpha value is -1.14. The first kappa shape index (κ1) is 15.3. The second-order valence-electron chi connectivity index (χ2n) is 5.25. The van der Waals surface area contributed by atoms with Crippen LogP contribution in [0.2, 0.25) is 0 Å². The molecule has 2 rings (SSSR count). The van der Waals surface area contributed by atoms with Crippen LogP contribution in [0.15, 0.2) is 5.51 Å². The lowest BCUT2D eigenvalue weighted by atomic mass is 9.99. The Balaban J connectivity index is 1.73. The number of amides is 2. The van der Waals surface area contributed by atoms with Crippen LogP contribution in [-0.4, -0.2) is 49.3 Å². The average molecular weight is 297 g/mol. The van der Waals surface area contributed by atoms with Gasteiger partial charge >= 0.3 is 6.03 Å². The molecule has 0 aliphatic carbocycles. The topological polar surface area (TPSA) is 54.5 Å². The fourth-order valence-corrected chi connectivity index (χ4v) is 3.36. The summed E-state index contributed by atoms with van der Waals surface area (Å²) in [6, 6.07) is 0.0490. The molecule has 0 spiro atoms. The Morgan fingerprint density at radius 3 is 3.20 bits per heavy atom. The predicted octanol–water partition coefficient (Wildman–Crippen LogP) is 2.06. The standard InChI is InChI=1S/C14H23N3O2S/c1-11-13(20-10-16-11)5-6-15-14(18)17-7-3-4-12(8-17)9-19-2/h10,12H,3-9H2,1-2H3,(H,15,18). The van der Waals surface area contributed by atoms with Crippen LogP contribution in [0.4, 0.5) is 4.79 Å². The maximum absolute atomic E-state index is 12.1. The number of rotatable bonds is 5. The Bertz CT molecular complexity index is 434. The maximum atomic E-state index is 12.1. The summed E-state index contributed by atoms with van der Waals surface area (Å²) in [7, 11) is 1.72. The molecule has 2 amide bonds. The number of hydrogen-bond acceptors (Lipinski definition) is 4. The number of nitrogens with one attached hydrogen (secondary N) is 1. The summed E-state index contributed by atoms with van der Waals surface area (Å²) in [5.41, 5.74) is 2.93. The number of piperidine rings is 1. The molecule has 0 saturated carbocycles. The van der Waals surface area contributed by atoms with Crippen molar-refractivity contribution in [3.63, 3.8) is 0 Å². The van der Waals surface area contributed by atoms with Crippen LogP contribution < -0.4 is 5.32 Å². The van der Waals surface area contributed by atoms with Gasteiger partial charge in [-0.1, -0.05) is 0 Å². The van der Waals surface area contributed by atoms with Crippen molar-refractivity contribution in [2.24, 2.45) is 5.92 Å². The summed E-state index contributed by atoms with van der Waals surface area (Å²) in [4.78, 5) is 19.5. The molecule has 1 atom stereocenters. The third-order valence-electron chi connectivity index (χ3n) is 3.68. The molecule has 1 saturated heterocycles. The van der Waals surface area contributed by atoms with Crippen molar-refractivity contribution >= 4 is 17.4 Å². The number of methoxy groups -OCH3 is 1. The van der Waals surface area contributed by atoms with E-state index in [0.717, 1.165) is 44.7 Å².